The quantitative estimate of drug-likeness (QED) is 0.286. The number of nitrogens with zero attached hydrogens (tertiary/aromatic N) is 2. The van der Waals surface area contributed by atoms with Crippen molar-refractivity contribution < 1.29 is 33.8 Å². The van der Waals surface area contributed by atoms with Gasteiger partial charge in [-0.3, -0.25) is 19.4 Å². The smallest absolute Gasteiger partial charge is 0.408 e. The molecule has 3 heterocycles. The molecule has 0 spiro atoms. The minimum Gasteiger partial charge on any atom is -0.479 e. The number of hydrazine groups is 1. The monoisotopic (exact) mass is 709 g/mol. The standard InChI is InChI=1S/C39H59N5O7/c1-38(2,3)51-37(50)41-30-20-14-6-4-5-13-19-27-22-39(27,36(48)49)42-33(45)31-21-28(24-43(31)34(30)46)44-35(47)32(26-17-11-8-12-18-26)29(23-40-44)25-15-9-7-10-16-25/h13,19,25-28,30-31,40H,4-12,14-18,20-24H2,1-3H3,(H,41,50)(H,42,45)(H,48,49)/b19-13-/t27-,28-,30+,31?,39-/m1/s1. The third kappa shape index (κ3) is 8.47. The highest BCUT2D eigenvalue weighted by Gasteiger charge is 2.61. The van der Waals surface area contributed by atoms with Gasteiger partial charge in [-0.15, -0.1) is 0 Å². The number of carbonyl (C=O) groups excluding carboxylic acids is 4. The molecule has 4 amide bonds. The number of alkyl carbamates (subject to hydrolysis) is 1. The SMILES string of the molecule is CC(C)(C)OC(=O)N[C@H]1CCCCC/C=C\[C@@H]2C[C@@]2(C(=O)O)NC(=O)C2C[C@@H](N3NCC(C4CCCCC4)=C(C4CCCCC4)C3=O)CN2C1=O. The Labute approximate surface area is 302 Å². The number of rotatable bonds is 5. The lowest BCUT2D eigenvalue weighted by molar-refractivity contribution is -0.145. The Morgan fingerprint density at radius 2 is 1.57 bits per heavy atom. The van der Waals surface area contributed by atoms with Gasteiger partial charge >= 0.3 is 12.1 Å². The van der Waals surface area contributed by atoms with E-state index < -0.39 is 53.1 Å². The molecule has 5 atom stereocenters. The number of nitrogens with one attached hydrogen (secondary N) is 3. The second kappa shape index (κ2) is 15.7. The molecule has 282 valence electrons. The second-order valence-corrected chi connectivity index (χ2v) is 16.9. The Morgan fingerprint density at radius 3 is 2.24 bits per heavy atom. The van der Waals surface area contributed by atoms with Crippen LogP contribution in [0.25, 0.3) is 0 Å². The van der Waals surface area contributed by atoms with E-state index in [1.807, 2.05) is 12.2 Å². The maximum absolute atomic E-state index is 14.7. The summed E-state index contributed by atoms with van der Waals surface area (Å²) in [7, 11) is 0. The minimum absolute atomic E-state index is 0.0489. The van der Waals surface area contributed by atoms with Crippen molar-refractivity contribution >= 4 is 29.8 Å². The first-order valence-electron chi connectivity index (χ1n) is 19.7. The van der Waals surface area contributed by atoms with Gasteiger partial charge in [0.25, 0.3) is 5.91 Å². The van der Waals surface area contributed by atoms with Crippen molar-refractivity contribution in [2.45, 2.75) is 159 Å². The topological polar surface area (TPSA) is 157 Å². The van der Waals surface area contributed by atoms with Gasteiger partial charge in [-0.05, 0) is 89.5 Å². The lowest BCUT2D eigenvalue weighted by Gasteiger charge is -2.41. The highest BCUT2D eigenvalue weighted by atomic mass is 16.6. The summed E-state index contributed by atoms with van der Waals surface area (Å²) in [5, 5.41) is 17.5. The van der Waals surface area contributed by atoms with Crippen LogP contribution in [0.5, 0.6) is 0 Å². The number of carbonyl (C=O) groups is 5. The zero-order chi connectivity index (χ0) is 36.3. The van der Waals surface area contributed by atoms with Gasteiger partial charge in [0, 0.05) is 31.0 Å². The molecule has 6 aliphatic rings. The third-order valence-corrected chi connectivity index (χ3v) is 12.0. The highest BCUT2D eigenvalue weighted by molar-refractivity contribution is 5.98. The van der Waals surface area contributed by atoms with E-state index in [4.69, 9.17) is 4.74 Å². The van der Waals surface area contributed by atoms with Gasteiger partial charge in [0.15, 0.2) is 0 Å². The van der Waals surface area contributed by atoms with E-state index in [1.54, 1.807) is 25.8 Å². The lowest BCUT2D eigenvalue weighted by Crippen LogP contribution is -2.57. The van der Waals surface area contributed by atoms with Gasteiger partial charge in [-0.25, -0.2) is 15.0 Å². The number of amides is 4. The van der Waals surface area contributed by atoms with Crippen LogP contribution in [0.1, 0.15) is 130 Å². The Kier molecular flexibility index (Phi) is 11.5. The summed E-state index contributed by atoms with van der Waals surface area (Å²) in [6.07, 6.45) is 18.2. The summed E-state index contributed by atoms with van der Waals surface area (Å²) in [4.78, 5) is 70.4. The van der Waals surface area contributed by atoms with Gasteiger partial charge in [0.2, 0.25) is 11.8 Å². The molecular formula is C39H59N5O7. The van der Waals surface area contributed by atoms with Gasteiger partial charge in [-0.1, -0.05) is 63.5 Å². The number of ether oxygens (including phenoxy) is 1. The first-order valence-corrected chi connectivity index (χ1v) is 19.7. The third-order valence-electron chi connectivity index (χ3n) is 12.0. The highest BCUT2D eigenvalue weighted by Crippen LogP contribution is 2.46. The number of carboxylic acid groups (broad SMARTS) is 1. The summed E-state index contributed by atoms with van der Waals surface area (Å²) in [5.41, 5.74) is 3.44. The molecule has 12 heteroatoms. The van der Waals surface area contributed by atoms with Crippen LogP contribution in [0, 0.1) is 17.8 Å². The fourth-order valence-electron chi connectivity index (χ4n) is 9.26. The Balaban J connectivity index is 1.30. The first kappa shape index (κ1) is 37.4. The lowest BCUT2D eigenvalue weighted by atomic mass is 9.74. The minimum atomic E-state index is -1.43. The molecule has 4 fully saturated rings. The molecule has 0 bridgehead atoms. The molecule has 0 aromatic heterocycles. The molecule has 3 saturated carbocycles. The fourth-order valence-corrected chi connectivity index (χ4v) is 9.26. The maximum Gasteiger partial charge on any atom is 0.408 e. The largest absolute Gasteiger partial charge is 0.479 e. The van der Waals surface area contributed by atoms with E-state index in [0.29, 0.717) is 25.3 Å². The number of carboxylic acids is 1. The Bertz CT molecular complexity index is 1410. The molecule has 12 nitrogen and oxygen atoms in total. The van der Waals surface area contributed by atoms with Crippen molar-refractivity contribution in [2.75, 3.05) is 13.1 Å². The second-order valence-electron chi connectivity index (χ2n) is 16.9. The van der Waals surface area contributed by atoms with Gasteiger partial charge < -0.3 is 25.4 Å². The molecule has 4 N–H and O–H groups in total. The van der Waals surface area contributed by atoms with Crippen molar-refractivity contribution in [3.63, 3.8) is 0 Å². The molecule has 0 aromatic carbocycles. The predicted molar refractivity (Wildman–Crippen MR) is 191 cm³/mol. The van der Waals surface area contributed by atoms with Crippen LogP contribution in [0.15, 0.2) is 23.3 Å². The zero-order valence-electron chi connectivity index (χ0n) is 30.8. The molecule has 51 heavy (non-hydrogen) atoms. The maximum atomic E-state index is 14.7. The van der Waals surface area contributed by atoms with Crippen molar-refractivity contribution in [1.82, 2.24) is 26.0 Å². The summed E-state index contributed by atoms with van der Waals surface area (Å²) < 4.78 is 5.52. The fraction of sp³-hybridized carbons (Fsp3) is 0.769. The van der Waals surface area contributed by atoms with Crippen LogP contribution < -0.4 is 16.1 Å². The van der Waals surface area contributed by atoms with E-state index in [0.717, 1.165) is 63.4 Å². The average molecular weight is 710 g/mol. The van der Waals surface area contributed by atoms with Crippen molar-refractivity contribution in [2.24, 2.45) is 17.8 Å². The van der Waals surface area contributed by atoms with Crippen LogP contribution in [-0.4, -0.2) is 87.2 Å². The molecule has 6 rings (SSSR count). The summed E-state index contributed by atoms with van der Waals surface area (Å²) in [6, 6.07) is -2.48. The number of hydrogen-bond acceptors (Lipinski definition) is 7. The van der Waals surface area contributed by atoms with Crippen LogP contribution in [0.2, 0.25) is 0 Å². The van der Waals surface area contributed by atoms with E-state index in [1.165, 1.54) is 36.2 Å². The predicted octanol–water partition coefficient (Wildman–Crippen LogP) is 5.13. The molecule has 0 aromatic rings. The van der Waals surface area contributed by atoms with Crippen LogP contribution in [0.4, 0.5) is 4.79 Å². The summed E-state index contributed by atoms with van der Waals surface area (Å²) >= 11 is 0. The zero-order valence-corrected chi connectivity index (χ0v) is 30.8. The normalized spacial score (nSPS) is 32.6. The van der Waals surface area contributed by atoms with Crippen LogP contribution in [0.3, 0.4) is 0 Å². The Morgan fingerprint density at radius 1 is 0.922 bits per heavy atom. The molecule has 1 saturated heterocycles. The average Bonchev–Trinajstić information content (AvgIpc) is 3.61. The van der Waals surface area contributed by atoms with Crippen molar-refractivity contribution in [3.05, 3.63) is 23.3 Å². The van der Waals surface area contributed by atoms with Crippen LogP contribution in [-0.2, 0) is 23.9 Å². The van der Waals surface area contributed by atoms with E-state index >= 15 is 0 Å². The molecule has 1 unspecified atom stereocenters. The van der Waals surface area contributed by atoms with E-state index in [9.17, 15) is 29.1 Å². The number of aliphatic carboxylic acids is 1. The van der Waals surface area contributed by atoms with Crippen molar-refractivity contribution in [3.8, 4) is 0 Å². The molecule has 0 radical (unpaired) electrons. The number of fused-ring (bicyclic) bond motifs is 2. The van der Waals surface area contributed by atoms with Crippen LogP contribution >= 0.6 is 0 Å². The number of allylic oxidation sites excluding steroid dienone is 1. The van der Waals surface area contributed by atoms with Gasteiger partial charge in [-0.2, -0.15) is 0 Å². The van der Waals surface area contributed by atoms with E-state index in [2.05, 4.69) is 16.1 Å². The van der Waals surface area contributed by atoms with E-state index in [-0.39, 0.29) is 37.1 Å². The molecule has 3 aliphatic carbocycles. The van der Waals surface area contributed by atoms with Gasteiger partial charge in [0.1, 0.15) is 23.2 Å². The Hall–Kier alpha value is -3.41. The van der Waals surface area contributed by atoms with Crippen molar-refractivity contribution in [1.29, 1.82) is 0 Å². The summed E-state index contributed by atoms with van der Waals surface area (Å²) in [5.74, 6) is -1.85. The molecular weight excluding hydrogens is 650 g/mol. The molecule has 3 aliphatic heterocycles. The first-order chi connectivity index (χ1) is 24.4. The number of hydrogen-bond donors (Lipinski definition) is 4. The summed E-state index contributed by atoms with van der Waals surface area (Å²) in [6.45, 7) is 5.92. The van der Waals surface area contributed by atoms with Gasteiger partial charge in [0.05, 0.1) is 6.04 Å².